The van der Waals surface area contributed by atoms with Crippen molar-refractivity contribution in [1.82, 2.24) is 0 Å². The second-order valence-corrected chi connectivity index (χ2v) is 4.39. The second-order valence-electron chi connectivity index (χ2n) is 3.34. The van der Waals surface area contributed by atoms with E-state index in [0.29, 0.717) is 4.88 Å². The molecule has 0 aliphatic heterocycles. The highest BCUT2D eigenvalue weighted by atomic mass is 32.1. The number of hydrogen-bond donors (Lipinski definition) is 1. The average molecular weight is 222 g/mol. The van der Waals surface area contributed by atoms with Gasteiger partial charge >= 0.3 is 5.97 Å². The van der Waals surface area contributed by atoms with E-state index in [2.05, 4.69) is 0 Å². The minimum absolute atomic E-state index is 0.344. The highest BCUT2D eigenvalue weighted by Crippen LogP contribution is 2.33. The van der Waals surface area contributed by atoms with Crippen LogP contribution in [0.3, 0.4) is 0 Å². The molecule has 0 spiro atoms. The Bertz CT molecular complexity index is 508. The van der Waals surface area contributed by atoms with Gasteiger partial charge in [-0.1, -0.05) is 0 Å². The van der Waals surface area contributed by atoms with E-state index in [0.717, 1.165) is 22.0 Å². The summed E-state index contributed by atoms with van der Waals surface area (Å²) in [6.45, 7) is 3.75. The van der Waals surface area contributed by atoms with Crippen molar-refractivity contribution in [2.45, 2.75) is 13.8 Å². The second kappa shape index (κ2) is 3.55. The predicted octanol–water partition coefficient (Wildman–Crippen LogP) is 3.32. The highest BCUT2D eigenvalue weighted by molar-refractivity contribution is 7.17. The summed E-state index contributed by atoms with van der Waals surface area (Å²) < 4.78 is 5.46. The summed E-state index contributed by atoms with van der Waals surface area (Å²) in [5.41, 5.74) is 0.937. The normalized spacial score (nSPS) is 10.5. The van der Waals surface area contributed by atoms with Crippen LogP contribution in [0.2, 0.25) is 0 Å². The molecule has 0 aromatic carbocycles. The van der Waals surface area contributed by atoms with Gasteiger partial charge in [-0.2, -0.15) is 0 Å². The molecule has 4 heteroatoms. The van der Waals surface area contributed by atoms with Crippen molar-refractivity contribution < 1.29 is 14.3 Å². The molecule has 2 rings (SSSR count). The molecule has 78 valence electrons. The number of furan rings is 1. The van der Waals surface area contributed by atoms with Crippen LogP contribution in [-0.4, -0.2) is 11.1 Å². The molecule has 0 bridgehead atoms. The molecular formula is C11H10O3S. The summed E-state index contributed by atoms with van der Waals surface area (Å²) in [5.74, 6) is 0.676. The molecular weight excluding hydrogens is 212 g/mol. The highest BCUT2D eigenvalue weighted by Gasteiger charge is 2.14. The maximum atomic E-state index is 10.8. The molecule has 2 aromatic heterocycles. The van der Waals surface area contributed by atoms with Gasteiger partial charge in [0.1, 0.15) is 16.4 Å². The van der Waals surface area contributed by atoms with Crippen molar-refractivity contribution in [3.05, 3.63) is 34.4 Å². The van der Waals surface area contributed by atoms with E-state index < -0.39 is 5.97 Å². The zero-order valence-electron chi connectivity index (χ0n) is 8.40. The van der Waals surface area contributed by atoms with Gasteiger partial charge in [0.15, 0.2) is 0 Å². The van der Waals surface area contributed by atoms with Crippen molar-refractivity contribution in [2.24, 2.45) is 0 Å². The molecule has 15 heavy (non-hydrogen) atoms. The van der Waals surface area contributed by atoms with Crippen LogP contribution in [-0.2, 0) is 0 Å². The standard InChI is InChI=1S/C11H10O3S/c1-6-5-9(11(12)13)15-10(6)8-4-3-7(2)14-8/h3-5H,1-2H3,(H,12,13). The molecule has 0 saturated carbocycles. The Kier molecular flexibility index (Phi) is 2.36. The Morgan fingerprint density at radius 2 is 2.13 bits per heavy atom. The molecule has 0 radical (unpaired) electrons. The summed E-state index contributed by atoms with van der Waals surface area (Å²) >= 11 is 1.24. The number of aryl methyl sites for hydroxylation is 2. The number of hydrogen-bond acceptors (Lipinski definition) is 3. The van der Waals surface area contributed by atoms with Gasteiger partial charge in [-0.3, -0.25) is 0 Å². The Morgan fingerprint density at radius 1 is 1.40 bits per heavy atom. The third kappa shape index (κ3) is 1.80. The monoisotopic (exact) mass is 222 g/mol. The number of carboxylic acids is 1. The van der Waals surface area contributed by atoms with Gasteiger partial charge < -0.3 is 9.52 Å². The first-order valence-electron chi connectivity index (χ1n) is 4.48. The van der Waals surface area contributed by atoms with Crippen LogP contribution < -0.4 is 0 Å². The molecule has 0 aliphatic rings. The summed E-state index contributed by atoms with van der Waals surface area (Å²) in [6.07, 6.45) is 0. The van der Waals surface area contributed by atoms with Crippen molar-refractivity contribution in [2.75, 3.05) is 0 Å². The summed E-state index contributed by atoms with van der Waals surface area (Å²) in [4.78, 5) is 12.0. The number of aromatic carboxylic acids is 1. The number of rotatable bonds is 2. The molecule has 2 aromatic rings. The first-order chi connectivity index (χ1) is 7.08. The van der Waals surface area contributed by atoms with Crippen LogP contribution in [0, 0.1) is 13.8 Å². The lowest BCUT2D eigenvalue weighted by Gasteiger charge is -1.92. The lowest BCUT2D eigenvalue weighted by Crippen LogP contribution is -1.89. The number of carboxylic acid groups (broad SMARTS) is 1. The van der Waals surface area contributed by atoms with Crippen molar-refractivity contribution in [3.63, 3.8) is 0 Å². The molecule has 1 N–H and O–H groups in total. The van der Waals surface area contributed by atoms with E-state index in [-0.39, 0.29) is 0 Å². The largest absolute Gasteiger partial charge is 0.477 e. The van der Waals surface area contributed by atoms with Gasteiger partial charge in [0.25, 0.3) is 0 Å². The zero-order chi connectivity index (χ0) is 11.0. The first-order valence-corrected chi connectivity index (χ1v) is 5.30. The molecule has 0 saturated heterocycles. The van der Waals surface area contributed by atoms with Crippen LogP contribution >= 0.6 is 11.3 Å². The van der Waals surface area contributed by atoms with Crippen LogP contribution in [0.1, 0.15) is 21.0 Å². The van der Waals surface area contributed by atoms with E-state index in [1.807, 2.05) is 26.0 Å². The quantitative estimate of drug-likeness (QED) is 0.847. The number of thiophene rings is 1. The molecule has 0 atom stereocenters. The van der Waals surface area contributed by atoms with Crippen LogP contribution in [0.15, 0.2) is 22.6 Å². The SMILES string of the molecule is Cc1ccc(-c2sc(C(=O)O)cc2C)o1. The van der Waals surface area contributed by atoms with Crippen LogP contribution in [0.5, 0.6) is 0 Å². The van der Waals surface area contributed by atoms with Gasteiger partial charge in [-0.15, -0.1) is 11.3 Å². The fourth-order valence-electron chi connectivity index (χ4n) is 1.39. The Labute approximate surface area is 91.0 Å². The summed E-state index contributed by atoms with van der Waals surface area (Å²) in [7, 11) is 0. The topological polar surface area (TPSA) is 50.4 Å². The smallest absolute Gasteiger partial charge is 0.345 e. The van der Waals surface area contributed by atoms with Crippen LogP contribution in [0.4, 0.5) is 0 Å². The molecule has 0 aliphatic carbocycles. The molecule has 0 amide bonds. The van der Waals surface area contributed by atoms with E-state index in [1.165, 1.54) is 11.3 Å². The van der Waals surface area contributed by atoms with Crippen molar-refractivity contribution in [1.29, 1.82) is 0 Å². The Balaban J connectivity index is 2.49. The maximum absolute atomic E-state index is 10.8. The number of carbonyl (C=O) groups is 1. The molecule has 3 nitrogen and oxygen atoms in total. The fraction of sp³-hybridized carbons (Fsp3) is 0.182. The minimum atomic E-state index is -0.891. The van der Waals surface area contributed by atoms with E-state index >= 15 is 0 Å². The van der Waals surface area contributed by atoms with Crippen molar-refractivity contribution in [3.8, 4) is 10.6 Å². The van der Waals surface area contributed by atoms with Crippen LogP contribution in [0.25, 0.3) is 10.6 Å². The van der Waals surface area contributed by atoms with Gasteiger partial charge in [0.2, 0.25) is 0 Å². The molecule has 0 unspecified atom stereocenters. The zero-order valence-corrected chi connectivity index (χ0v) is 9.22. The molecule has 0 fully saturated rings. The van der Waals surface area contributed by atoms with Gasteiger partial charge in [0.05, 0.1) is 4.88 Å². The van der Waals surface area contributed by atoms with Crippen molar-refractivity contribution >= 4 is 17.3 Å². The lowest BCUT2D eigenvalue weighted by molar-refractivity contribution is 0.0702. The third-order valence-corrected chi connectivity index (χ3v) is 3.33. The molecule has 2 heterocycles. The van der Waals surface area contributed by atoms with Gasteiger partial charge in [-0.05, 0) is 37.6 Å². The Hall–Kier alpha value is -1.55. The van der Waals surface area contributed by atoms with Gasteiger partial charge in [-0.25, -0.2) is 4.79 Å². The first kappa shape index (κ1) is 9.98. The maximum Gasteiger partial charge on any atom is 0.345 e. The Morgan fingerprint density at radius 3 is 2.60 bits per heavy atom. The third-order valence-electron chi connectivity index (χ3n) is 2.09. The fourth-order valence-corrected chi connectivity index (χ4v) is 2.36. The average Bonchev–Trinajstić information content (AvgIpc) is 2.71. The lowest BCUT2D eigenvalue weighted by atomic mass is 10.2. The summed E-state index contributed by atoms with van der Waals surface area (Å²) in [5, 5.41) is 8.85. The minimum Gasteiger partial charge on any atom is -0.477 e. The summed E-state index contributed by atoms with van der Waals surface area (Å²) in [6, 6.07) is 5.40. The van der Waals surface area contributed by atoms with E-state index in [1.54, 1.807) is 6.07 Å². The van der Waals surface area contributed by atoms with E-state index in [9.17, 15) is 4.79 Å². The predicted molar refractivity (Wildman–Crippen MR) is 58.5 cm³/mol. The van der Waals surface area contributed by atoms with E-state index in [4.69, 9.17) is 9.52 Å². The van der Waals surface area contributed by atoms with Gasteiger partial charge in [0, 0.05) is 0 Å².